The molecule has 0 aromatic heterocycles. The topological polar surface area (TPSA) is 256 Å². The van der Waals surface area contributed by atoms with Gasteiger partial charge in [0.15, 0.2) is 6.10 Å². The Morgan fingerprint density at radius 3 is 1.25 bits per heavy atom. The van der Waals surface area contributed by atoms with Gasteiger partial charge in [0.05, 0.1) is 6.61 Å². The Labute approximate surface area is 364 Å². The third-order valence-corrected chi connectivity index (χ3v) is 12.6. The lowest BCUT2D eigenvalue weighted by Crippen LogP contribution is -2.64. The second-order valence-electron chi connectivity index (χ2n) is 16.2. The molecule has 7 N–H and O–H groups in total. The zero-order chi connectivity index (χ0) is 44.7. The molecule has 16 nitrogen and oxygen atoms in total. The van der Waals surface area contributed by atoms with Gasteiger partial charge in [0.25, 0.3) is 0 Å². The molecule has 4 unspecified atom stereocenters. The average Bonchev–Trinajstić information content (AvgIpc) is 3.20. The van der Waals surface area contributed by atoms with Crippen molar-refractivity contribution in [2.24, 2.45) is 0 Å². The molecular formula is C41H80O16P2S. The van der Waals surface area contributed by atoms with Crippen molar-refractivity contribution in [3.05, 3.63) is 0 Å². The zero-order valence-electron chi connectivity index (χ0n) is 36.1. The van der Waals surface area contributed by atoms with Gasteiger partial charge in [-0.3, -0.25) is 23.2 Å². The number of phosphoric ester groups is 2. The molecule has 0 aliphatic heterocycles. The molecule has 0 bridgehead atoms. The molecule has 19 heteroatoms. The SMILES string of the molecule is CCCCCCCCCCCCCCCC(=O)O[C@H](COC(=O)CCCCCCCCCCCCCCCS)COP(=O)(O)OC1C(O)[C@@H](O)C(OP(=O)(O)O)[C@@H](O)[C@H]1O. The van der Waals surface area contributed by atoms with Crippen LogP contribution in [0.4, 0.5) is 0 Å². The smallest absolute Gasteiger partial charge is 0.462 e. The predicted molar refractivity (Wildman–Crippen MR) is 231 cm³/mol. The molecule has 0 spiro atoms. The first-order chi connectivity index (χ1) is 28.6. The Morgan fingerprint density at radius 2 is 0.867 bits per heavy atom. The average molecular weight is 923 g/mol. The molecule has 0 aromatic rings. The van der Waals surface area contributed by atoms with E-state index < -0.39 is 83.5 Å². The van der Waals surface area contributed by atoms with Gasteiger partial charge in [-0.05, 0) is 25.0 Å². The number of thiol groups is 1. The highest BCUT2D eigenvalue weighted by Crippen LogP contribution is 2.48. The number of esters is 2. The van der Waals surface area contributed by atoms with Gasteiger partial charge in [0, 0.05) is 12.8 Å². The highest BCUT2D eigenvalue weighted by atomic mass is 32.1. The van der Waals surface area contributed by atoms with Crippen LogP contribution in [0, 0.1) is 0 Å². The van der Waals surface area contributed by atoms with Crippen molar-refractivity contribution in [1.82, 2.24) is 0 Å². The number of phosphoric acid groups is 2. The fourth-order valence-corrected chi connectivity index (χ4v) is 8.95. The minimum Gasteiger partial charge on any atom is -0.462 e. The first-order valence-corrected chi connectivity index (χ1v) is 26.4. The second-order valence-corrected chi connectivity index (χ2v) is 19.3. The third kappa shape index (κ3) is 28.9. The number of hydrogen-bond donors (Lipinski definition) is 8. The van der Waals surface area contributed by atoms with E-state index in [1.54, 1.807) is 0 Å². The zero-order valence-corrected chi connectivity index (χ0v) is 38.8. The summed E-state index contributed by atoms with van der Waals surface area (Å²) in [4.78, 5) is 53.9. The molecule has 0 radical (unpaired) electrons. The van der Waals surface area contributed by atoms with Gasteiger partial charge in [-0.1, -0.05) is 155 Å². The van der Waals surface area contributed by atoms with Crippen LogP contribution in [0.5, 0.6) is 0 Å². The van der Waals surface area contributed by atoms with Crippen LogP contribution in [-0.4, -0.2) is 109 Å². The summed E-state index contributed by atoms with van der Waals surface area (Å²) in [6.45, 7) is 0.908. The van der Waals surface area contributed by atoms with E-state index >= 15 is 0 Å². The fraction of sp³-hybridized carbons (Fsp3) is 0.951. The minimum atomic E-state index is -5.30. The molecule has 60 heavy (non-hydrogen) atoms. The first-order valence-electron chi connectivity index (χ1n) is 22.7. The van der Waals surface area contributed by atoms with Crippen LogP contribution in [0.3, 0.4) is 0 Å². The maximum absolute atomic E-state index is 12.9. The highest BCUT2D eigenvalue weighted by Gasteiger charge is 2.54. The number of ether oxygens (including phenoxy) is 2. The van der Waals surface area contributed by atoms with Crippen molar-refractivity contribution in [3.63, 3.8) is 0 Å². The van der Waals surface area contributed by atoms with Crippen LogP contribution >= 0.6 is 28.3 Å². The number of hydrogen-bond acceptors (Lipinski definition) is 14. The number of unbranched alkanes of at least 4 members (excludes halogenated alkanes) is 24. The second kappa shape index (κ2) is 34.7. The van der Waals surface area contributed by atoms with E-state index in [9.17, 15) is 44.0 Å². The Hall–Kier alpha value is -0.650. The molecule has 1 aliphatic carbocycles. The summed E-state index contributed by atoms with van der Waals surface area (Å²) in [7, 11) is -10.6. The van der Waals surface area contributed by atoms with E-state index in [0.29, 0.717) is 12.8 Å². The summed E-state index contributed by atoms with van der Waals surface area (Å²) in [6.07, 6.45) is 14.8. The van der Waals surface area contributed by atoms with Crippen LogP contribution in [0.2, 0.25) is 0 Å². The van der Waals surface area contributed by atoms with Crippen molar-refractivity contribution in [1.29, 1.82) is 0 Å². The molecule has 0 heterocycles. The summed E-state index contributed by atoms with van der Waals surface area (Å²) in [5.74, 6) is -0.227. The lowest BCUT2D eigenvalue weighted by Gasteiger charge is -2.43. The molecule has 356 valence electrons. The van der Waals surface area contributed by atoms with Gasteiger partial charge >= 0.3 is 27.6 Å². The monoisotopic (exact) mass is 922 g/mol. The Morgan fingerprint density at radius 1 is 0.517 bits per heavy atom. The summed E-state index contributed by atoms with van der Waals surface area (Å²) >= 11 is 4.25. The maximum Gasteiger partial charge on any atom is 0.472 e. The van der Waals surface area contributed by atoms with Gasteiger partial charge in [0.2, 0.25) is 0 Å². The molecule has 0 amide bonds. The molecular weight excluding hydrogens is 842 g/mol. The van der Waals surface area contributed by atoms with E-state index in [4.69, 9.17) is 28.3 Å². The molecule has 8 atom stereocenters. The van der Waals surface area contributed by atoms with E-state index in [-0.39, 0.29) is 12.8 Å². The molecule has 0 saturated heterocycles. The number of rotatable bonds is 39. The summed E-state index contributed by atoms with van der Waals surface area (Å²) < 4.78 is 49.1. The van der Waals surface area contributed by atoms with Gasteiger partial charge in [0.1, 0.15) is 43.2 Å². The van der Waals surface area contributed by atoms with Crippen LogP contribution in [0.25, 0.3) is 0 Å². The van der Waals surface area contributed by atoms with Gasteiger partial charge in [-0.2, -0.15) is 12.6 Å². The molecule has 1 saturated carbocycles. The molecule has 1 aliphatic rings. The van der Waals surface area contributed by atoms with E-state index in [0.717, 1.165) is 57.1 Å². The number of aliphatic hydroxyl groups excluding tert-OH is 4. The standard InChI is InChI=1S/C41H80O16P2S/c1-2-3-4-5-6-7-8-10-14-17-20-23-26-29-35(43)55-33(31-53-34(42)28-25-22-19-16-13-11-9-12-15-18-21-24-27-30-60)32-54-59(51,52)57-41-38(46)36(44)40(37(45)39(41)47)56-58(48,49)50/h33,36-41,44-47,60H,2-32H2,1H3,(H,51,52)(H2,48,49,50)/t33-,36-,37+,38?,39-,40?,41?/m1/s1. The van der Waals surface area contributed by atoms with Crippen LogP contribution < -0.4 is 0 Å². The normalized spacial score (nSPS) is 22.4. The number of carbonyl (C=O) groups excluding carboxylic acids is 2. The van der Waals surface area contributed by atoms with Crippen LogP contribution in [0.1, 0.15) is 187 Å². The summed E-state index contributed by atoms with van der Waals surface area (Å²) in [6, 6.07) is 0. The Kier molecular flexibility index (Phi) is 33.2. The fourth-order valence-electron chi connectivity index (χ4n) is 7.18. The summed E-state index contributed by atoms with van der Waals surface area (Å²) in [5, 5.41) is 41.4. The third-order valence-electron chi connectivity index (χ3n) is 10.7. The quantitative estimate of drug-likeness (QED) is 0.0127. The first kappa shape index (κ1) is 57.4. The Balaban J connectivity index is 2.58. The summed E-state index contributed by atoms with van der Waals surface area (Å²) in [5.41, 5.74) is 0. The lowest BCUT2D eigenvalue weighted by molar-refractivity contribution is -0.216. The van der Waals surface area contributed by atoms with E-state index in [1.165, 1.54) is 103 Å². The van der Waals surface area contributed by atoms with E-state index in [2.05, 4.69) is 24.1 Å². The van der Waals surface area contributed by atoms with Gasteiger partial charge < -0.3 is 44.6 Å². The van der Waals surface area contributed by atoms with Crippen LogP contribution in [0.15, 0.2) is 0 Å². The predicted octanol–water partition coefficient (Wildman–Crippen LogP) is 7.75. The van der Waals surface area contributed by atoms with Crippen LogP contribution in [-0.2, 0) is 41.8 Å². The highest BCUT2D eigenvalue weighted by molar-refractivity contribution is 7.80. The van der Waals surface area contributed by atoms with Gasteiger partial charge in [-0.25, -0.2) is 9.13 Å². The Bertz CT molecular complexity index is 1180. The lowest BCUT2D eigenvalue weighted by atomic mass is 9.85. The molecule has 1 fully saturated rings. The largest absolute Gasteiger partial charge is 0.472 e. The van der Waals surface area contributed by atoms with E-state index in [1.807, 2.05) is 0 Å². The van der Waals surface area contributed by atoms with Crippen molar-refractivity contribution in [3.8, 4) is 0 Å². The molecule has 0 aromatic carbocycles. The number of carbonyl (C=O) groups is 2. The maximum atomic E-state index is 12.9. The number of aliphatic hydroxyl groups is 4. The van der Waals surface area contributed by atoms with Crippen molar-refractivity contribution in [2.45, 2.75) is 229 Å². The van der Waals surface area contributed by atoms with Crippen molar-refractivity contribution in [2.75, 3.05) is 19.0 Å². The van der Waals surface area contributed by atoms with Crippen molar-refractivity contribution >= 4 is 40.2 Å². The van der Waals surface area contributed by atoms with Crippen molar-refractivity contribution < 1.29 is 76.9 Å². The minimum absolute atomic E-state index is 0.0558. The molecule has 1 rings (SSSR count). The van der Waals surface area contributed by atoms with Gasteiger partial charge in [-0.15, -0.1) is 0 Å².